The molecule has 8 atom stereocenters. The minimum Gasteiger partial charge on any atom is -0.391 e. The lowest BCUT2D eigenvalue weighted by molar-refractivity contribution is -0.429. The van der Waals surface area contributed by atoms with Crippen molar-refractivity contribution in [3.63, 3.8) is 0 Å². The minimum atomic E-state index is -2.13. The molecule has 0 amide bonds. The number of nitrogens with one attached hydrogen (secondary N) is 1. The number of thiazole rings is 1. The maximum absolute atomic E-state index is 13.9. The van der Waals surface area contributed by atoms with Crippen molar-refractivity contribution in [3.05, 3.63) is 22.7 Å². The predicted octanol–water partition coefficient (Wildman–Crippen LogP) is 2.93. The number of anilines is 1. The van der Waals surface area contributed by atoms with Gasteiger partial charge >= 0.3 is 0 Å². The van der Waals surface area contributed by atoms with E-state index in [0.29, 0.717) is 24.5 Å². The highest BCUT2D eigenvalue weighted by Gasteiger charge is 2.86. The second kappa shape index (κ2) is 6.95. The van der Waals surface area contributed by atoms with Crippen LogP contribution >= 0.6 is 11.3 Å². The van der Waals surface area contributed by atoms with Gasteiger partial charge < -0.3 is 25.4 Å². The summed E-state index contributed by atoms with van der Waals surface area (Å²) in [7, 11) is 0. The molecule has 2 spiro atoms. The van der Waals surface area contributed by atoms with Crippen molar-refractivity contribution in [3.8, 4) is 0 Å². The Kier molecular flexibility index (Phi) is 4.54. The highest BCUT2D eigenvalue weighted by atomic mass is 32.1. The Balaban J connectivity index is 1.42. The molecule has 4 bridgehead atoms. The van der Waals surface area contributed by atoms with E-state index in [1.54, 1.807) is 11.3 Å². The van der Waals surface area contributed by atoms with E-state index in [1.165, 1.54) is 24.1 Å². The molecule has 8 rings (SSSR count). The Hall–Kier alpha value is -1.32. The number of ether oxygens (including phenoxy) is 1. The molecule has 0 radical (unpaired) electrons. The van der Waals surface area contributed by atoms with Gasteiger partial charge in [-0.25, -0.2) is 4.98 Å². The molecular weight excluding hydrogens is 464 g/mol. The summed E-state index contributed by atoms with van der Waals surface area (Å²) in [6.07, 6.45) is 5.68. The van der Waals surface area contributed by atoms with E-state index in [-0.39, 0.29) is 29.6 Å². The zero-order valence-electron chi connectivity index (χ0n) is 20.5. The number of aromatic nitrogens is 1. The number of rotatable bonds is 2. The average Bonchev–Trinajstić information content (AvgIpc) is 3.24. The standard InChI is InChI=1S/C27H36N2O5S/c1-13-15-9-10-17-25-12-34-27(33,26(17,20(13)30)21(15)31)22(32)18(25)24(2,3)11-16-19(25)29-23(35-16)28-14-7-5-4-6-8-14/h14-15,17-18,21-22,31-33H,1,4-12H2,2-3H3,(H,28,29)/t15?,17?,18?,21-,22+,25+,26+,27+/m1/s1. The highest BCUT2D eigenvalue weighted by molar-refractivity contribution is 7.15. The lowest BCUT2D eigenvalue weighted by Gasteiger charge is -2.73. The van der Waals surface area contributed by atoms with Crippen LogP contribution in [0.15, 0.2) is 12.2 Å². The third kappa shape index (κ3) is 2.42. The van der Waals surface area contributed by atoms with Gasteiger partial charge in [0, 0.05) is 28.2 Å². The van der Waals surface area contributed by atoms with Crippen molar-refractivity contribution in [2.24, 2.45) is 28.6 Å². The summed E-state index contributed by atoms with van der Waals surface area (Å²) in [5.41, 5.74) is -1.44. The van der Waals surface area contributed by atoms with Crippen LogP contribution in [-0.4, -0.2) is 56.7 Å². The van der Waals surface area contributed by atoms with Crippen LogP contribution in [-0.2, 0) is 21.4 Å². The molecule has 8 heteroatoms. The van der Waals surface area contributed by atoms with E-state index in [2.05, 4.69) is 25.7 Å². The van der Waals surface area contributed by atoms with Crippen LogP contribution in [0, 0.1) is 28.6 Å². The fraction of sp³-hybridized carbons (Fsp3) is 0.778. The monoisotopic (exact) mass is 500 g/mol. The minimum absolute atomic E-state index is 0.192. The molecular formula is C27H36N2O5S. The van der Waals surface area contributed by atoms with E-state index in [9.17, 15) is 20.1 Å². The number of carbonyl (C=O) groups excluding carboxylic acids is 1. The molecule has 35 heavy (non-hydrogen) atoms. The third-order valence-corrected chi connectivity index (χ3v) is 11.8. The predicted molar refractivity (Wildman–Crippen MR) is 131 cm³/mol. The van der Waals surface area contributed by atoms with Crippen LogP contribution in [0.1, 0.15) is 69.4 Å². The Labute approximate surface area is 210 Å². The molecule has 4 N–H and O–H groups in total. The SMILES string of the molecule is C=C1C(=O)[C@@]23C(CCC1[C@H]2O)[C@@]12CO[C@@]3(O)[C@@H](O)C1C(C)(C)Cc1sc(NC3CCCCC3)nc12. The zero-order chi connectivity index (χ0) is 24.5. The third-order valence-electron chi connectivity index (χ3n) is 10.8. The number of Topliss-reactive ketones (excluding diaryl/α,β-unsaturated/α-hetero) is 1. The van der Waals surface area contributed by atoms with Crippen LogP contribution in [0.25, 0.3) is 0 Å². The first-order valence-corrected chi connectivity index (χ1v) is 14.1. The lowest BCUT2D eigenvalue weighted by atomic mass is 9.36. The summed E-state index contributed by atoms with van der Waals surface area (Å²) in [5, 5.41) is 40.0. The van der Waals surface area contributed by atoms with Crippen LogP contribution in [0.3, 0.4) is 0 Å². The lowest BCUT2D eigenvalue weighted by Crippen LogP contribution is -2.85. The summed E-state index contributed by atoms with van der Waals surface area (Å²) >= 11 is 1.69. The molecule has 190 valence electrons. The summed E-state index contributed by atoms with van der Waals surface area (Å²) in [6.45, 7) is 8.50. The molecule has 7 aliphatic rings. The molecule has 0 aromatic carbocycles. The van der Waals surface area contributed by atoms with Crippen molar-refractivity contribution in [1.29, 1.82) is 0 Å². The summed E-state index contributed by atoms with van der Waals surface area (Å²) < 4.78 is 6.15. The first-order valence-electron chi connectivity index (χ1n) is 13.3. The molecule has 7 nitrogen and oxygen atoms in total. The van der Waals surface area contributed by atoms with Crippen LogP contribution in [0.4, 0.5) is 5.13 Å². The number of aliphatic hydroxyl groups excluding tert-OH is 2. The zero-order valence-corrected chi connectivity index (χ0v) is 21.4. The van der Waals surface area contributed by atoms with Gasteiger partial charge in [0.2, 0.25) is 5.79 Å². The summed E-state index contributed by atoms with van der Waals surface area (Å²) in [4.78, 5) is 20.2. The Morgan fingerprint density at radius 3 is 2.60 bits per heavy atom. The van der Waals surface area contributed by atoms with Crippen molar-refractivity contribution >= 4 is 22.3 Å². The average molecular weight is 501 g/mol. The van der Waals surface area contributed by atoms with Gasteiger partial charge in [-0.05, 0) is 49.0 Å². The Morgan fingerprint density at radius 2 is 1.86 bits per heavy atom. The van der Waals surface area contributed by atoms with Gasteiger partial charge in [0.1, 0.15) is 11.5 Å². The van der Waals surface area contributed by atoms with Gasteiger partial charge in [0.15, 0.2) is 10.9 Å². The van der Waals surface area contributed by atoms with E-state index in [1.807, 2.05) is 0 Å². The molecule has 1 aromatic heterocycles. The molecule has 2 aliphatic heterocycles. The van der Waals surface area contributed by atoms with E-state index in [4.69, 9.17) is 9.72 Å². The smallest absolute Gasteiger partial charge is 0.208 e. The first kappa shape index (κ1) is 22.8. The molecule has 4 saturated carbocycles. The van der Waals surface area contributed by atoms with E-state index >= 15 is 0 Å². The number of ketones is 1. The van der Waals surface area contributed by atoms with Crippen LogP contribution < -0.4 is 5.32 Å². The van der Waals surface area contributed by atoms with Crippen LogP contribution in [0.5, 0.6) is 0 Å². The van der Waals surface area contributed by atoms with Crippen molar-refractivity contribution < 1.29 is 24.9 Å². The second-order valence-electron chi connectivity index (χ2n) is 12.8. The number of hydrogen-bond donors (Lipinski definition) is 4. The number of carbonyl (C=O) groups is 1. The van der Waals surface area contributed by atoms with E-state index < -0.39 is 34.7 Å². The first-order chi connectivity index (χ1) is 16.6. The highest BCUT2D eigenvalue weighted by Crippen LogP contribution is 2.75. The number of hydrogen-bond acceptors (Lipinski definition) is 8. The molecule has 6 fully saturated rings. The van der Waals surface area contributed by atoms with Crippen molar-refractivity contribution in [2.45, 2.75) is 94.7 Å². The number of aliphatic hydroxyl groups is 3. The van der Waals surface area contributed by atoms with Gasteiger partial charge in [-0.15, -0.1) is 11.3 Å². The fourth-order valence-corrected chi connectivity index (χ4v) is 10.9. The van der Waals surface area contributed by atoms with E-state index in [0.717, 1.165) is 30.1 Å². The van der Waals surface area contributed by atoms with Crippen molar-refractivity contribution in [2.75, 3.05) is 11.9 Å². The van der Waals surface area contributed by atoms with Gasteiger partial charge in [-0.3, -0.25) is 4.79 Å². The molecule has 3 heterocycles. The summed E-state index contributed by atoms with van der Waals surface area (Å²) in [6, 6.07) is 0.422. The van der Waals surface area contributed by atoms with Crippen LogP contribution in [0.2, 0.25) is 0 Å². The molecule has 2 saturated heterocycles. The summed E-state index contributed by atoms with van der Waals surface area (Å²) in [5.74, 6) is -3.58. The normalized spacial score (nSPS) is 47.9. The quantitative estimate of drug-likeness (QED) is 0.462. The maximum atomic E-state index is 13.9. The Morgan fingerprint density at radius 1 is 1.11 bits per heavy atom. The topological polar surface area (TPSA) is 112 Å². The molecule has 5 aliphatic carbocycles. The second-order valence-corrected chi connectivity index (χ2v) is 13.9. The van der Waals surface area contributed by atoms with Gasteiger partial charge in [0.25, 0.3) is 0 Å². The van der Waals surface area contributed by atoms with Gasteiger partial charge in [0.05, 0.1) is 18.4 Å². The number of fused-ring (bicyclic) bond motifs is 3. The fourth-order valence-electron chi connectivity index (χ4n) is 9.58. The molecule has 3 unspecified atom stereocenters. The van der Waals surface area contributed by atoms with Crippen molar-refractivity contribution in [1.82, 2.24) is 4.98 Å². The van der Waals surface area contributed by atoms with Gasteiger partial charge in [-0.2, -0.15) is 0 Å². The maximum Gasteiger partial charge on any atom is 0.208 e. The van der Waals surface area contributed by atoms with Gasteiger partial charge in [-0.1, -0.05) is 39.7 Å². The largest absolute Gasteiger partial charge is 0.391 e. The molecule has 1 aromatic rings. The Bertz CT molecular complexity index is 1130. The number of nitrogens with zero attached hydrogens (tertiary/aromatic N) is 1.